The molecule has 292 valence electrons. The normalized spacial score (nSPS) is 16.9. The van der Waals surface area contributed by atoms with Crippen molar-refractivity contribution in [2.45, 2.75) is 91.5 Å². The molecule has 2 atom stereocenters. The van der Waals surface area contributed by atoms with E-state index in [0.717, 1.165) is 24.8 Å². The SMILES string of the molecule is CC(C)C(=O)C1(COCNC(=O)CNC(=O)[C@H](Cc2ccccc2)NC(=O)CNC(=O)CNC(=O)CCCCCN2C(=O)CC(C(C)C)C2=O)CCC1. The van der Waals surface area contributed by atoms with E-state index in [1.165, 1.54) is 4.90 Å². The Hall–Kier alpha value is -4.66. The predicted octanol–water partition coefficient (Wildman–Crippen LogP) is 1.14. The molecule has 0 radical (unpaired) electrons. The zero-order chi connectivity index (χ0) is 39.0. The minimum Gasteiger partial charge on any atom is -0.360 e. The monoisotopic (exact) mass is 740 g/mol. The number of likely N-dealkylation sites (tertiary alicyclic amines) is 1. The van der Waals surface area contributed by atoms with E-state index in [9.17, 15) is 38.4 Å². The maximum absolute atomic E-state index is 13.1. The molecule has 0 spiro atoms. The van der Waals surface area contributed by atoms with Gasteiger partial charge in [-0.25, -0.2) is 0 Å². The van der Waals surface area contributed by atoms with Gasteiger partial charge in [-0.1, -0.05) is 70.9 Å². The molecule has 7 amide bonds. The minimum atomic E-state index is -1.05. The highest BCUT2D eigenvalue weighted by Gasteiger charge is 2.45. The van der Waals surface area contributed by atoms with Gasteiger partial charge >= 0.3 is 0 Å². The fraction of sp³-hybridized carbons (Fsp3) is 0.632. The summed E-state index contributed by atoms with van der Waals surface area (Å²) in [5.41, 5.74) is 0.265. The Bertz CT molecular complexity index is 1460. The topological polar surface area (TPSA) is 209 Å². The summed E-state index contributed by atoms with van der Waals surface area (Å²) in [6.07, 6.45) is 4.74. The summed E-state index contributed by atoms with van der Waals surface area (Å²) >= 11 is 0. The van der Waals surface area contributed by atoms with Crippen LogP contribution in [-0.4, -0.2) is 97.6 Å². The lowest BCUT2D eigenvalue weighted by Gasteiger charge is -2.41. The maximum atomic E-state index is 13.1. The smallest absolute Gasteiger partial charge is 0.243 e. The van der Waals surface area contributed by atoms with E-state index in [1.807, 2.05) is 33.8 Å². The number of benzene rings is 1. The summed E-state index contributed by atoms with van der Waals surface area (Å²) in [5.74, 6) is -3.09. The second-order valence-electron chi connectivity index (χ2n) is 14.6. The molecule has 5 N–H and O–H groups in total. The molecule has 1 saturated heterocycles. The molecule has 15 nitrogen and oxygen atoms in total. The van der Waals surface area contributed by atoms with Crippen LogP contribution in [0.5, 0.6) is 0 Å². The minimum absolute atomic E-state index is 0.0987. The number of unbranched alkanes of at least 4 members (excludes halogenated alkanes) is 2. The van der Waals surface area contributed by atoms with Gasteiger partial charge in [-0.2, -0.15) is 0 Å². The van der Waals surface area contributed by atoms with Gasteiger partial charge in [-0.15, -0.1) is 0 Å². The van der Waals surface area contributed by atoms with Gasteiger partial charge in [0.1, 0.15) is 18.6 Å². The van der Waals surface area contributed by atoms with E-state index in [-0.39, 0.29) is 86.9 Å². The third-order valence-electron chi connectivity index (χ3n) is 9.73. The molecule has 1 aromatic rings. The zero-order valence-electron chi connectivity index (χ0n) is 31.4. The summed E-state index contributed by atoms with van der Waals surface area (Å²) in [6, 6.07) is 7.92. The van der Waals surface area contributed by atoms with Crippen molar-refractivity contribution in [3.63, 3.8) is 0 Å². The van der Waals surface area contributed by atoms with Crippen LogP contribution in [0, 0.1) is 23.2 Å². The van der Waals surface area contributed by atoms with Gasteiger partial charge in [-0.05, 0) is 37.2 Å². The van der Waals surface area contributed by atoms with Crippen LogP contribution in [0.2, 0.25) is 0 Å². The molecule has 53 heavy (non-hydrogen) atoms. The first-order valence-electron chi connectivity index (χ1n) is 18.6. The van der Waals surface area contributed by atoms with Gasteiger partial charge in [-0.3, -0.25) is 43.3 Å². The number of carbonyl (C=O) groups excluding carboxylic acids is 8. The number of hydrogen-bond acceptors (Lipinski definition) is 9. The maximum Gasteiger partial charge on any atom is 0.243 e. The highest BCUT2D eigenvalue weighted by Crippen LogP contribution is 2.43. The molecular formula is C38H56N6O9. The summed E-state index contributed by atoms with van der Waals surface area (Å²) in [6.45, 7) is 6.84. The Labute approximate surface area is 311 Å². The molecule has 0 bridgehead atoms. The van der Waals surface area contributed by atoms with Crippen molar-refractivity contribution in [1.29, 1.82) is 0 Å². The van der Waals surface area contributed by atoms with Crippen LogP contribution in [0.25, 0.3) is 0 Å². The molecule has 1 aliphatic heterocycles. The fourth-order valence-corrected chi connectivity index (χ4v) is 6.42. The highest BCUT2D eigenvalue weighted by molar-refractivity contribution is 6.03. The van der Waals surface area contributed by atoms with Crippen LogP contribution >= 0.6 is 0 Å². The average molecular weight is 741 g/mol. The van der Waals surface area contributed by atoms with E-state index in [2.05, 4.69) is 26.6 Å². The lowest BCUT2D eigenvalue weighted by atomic mass is 9.64. The molecule has 1 saturated carbocycles. The molecule has 0 aromatic heterocycles. The van der Waals surface area contributed by atoms with Crippen molar-refractivity contribution in [2.75, 3.05) is 39.5 Å². The molecular weight excluding hydrogens is 684 g/mol. The second kappa shape index (κ2) is 21.1. The number of amides is 7. The number of nitrogens with zero attached hydrogens (tertiary/aromatic N) is 1. The van der Waals surface area contributed by atoms with E-state index >= 15 is 0 Å². The average Bonchev–Trinajstić information content (AvgIpc) is 3.40. The first-order chi connectivity index (χ1) is 25.2. The summed E-state index contributed by atoms with van der Waals surface area (Å²) in [4.78, 5) is 101. The quantitative estimate of drug-likeness (QED) is 0.0618. The van der Waals surface area contributed by atoms with Crippen LogP contribution in [0.1, 0.15) is 84.6 Å². The van der Waals surface area contributed by atoms with Crippen LogP contribution in [0.15, 0.2) is 30.3 Å². The lowest BCUT2D eigenvalue weighted by Crippen LogP contribution is -2.52. The third kappa shape index (κ3) is 13.7. The van der Waals surface area contributed by atoms with Crippen molar-refractivity contribution >= 4 is 47.1 Å². The van der Waals surface area contributed by atoms with Gasteiger partial charge in [0.05, 0.1) is 31.7 Å². The number of nitrogens with one attached hydrogen (secondary N) is 5. The standard InChI is InChI=1S/C38H56N6O9/c1-25(2)28-19-34(49)44(37(28)52)17-10-6-9-14-30(45)39-20-31(46)40-22-33(48)43-29(18-27-12-7-5-8-13-27)36(51)41-21-32(47)42-24-53-23-38(15-11-16-38)35(50)26(3)4/h5,7-8,12-13,25-26,28-29H,6,9-11,14-24H2,1-4H3,(H,39,45)(H,40,46)(H,41,51)(H,42,47)(H,43,48)/t28?,29-/m0/s1. The first-order valence-corrected chi connectivity index (χ1v) is 18.6. The van der Waals surface area contributed by atoms with Crippen molar-refractivity contribution in [3.05, 3.63) is 35.9 Å². The summed E-state index contributed by atoms with van der Waals surface area (Å²) in [7, 11) is 0. The predicted molar refractivity (Wildman–Crippen MR) is 194 cm³/mol. The number of carbonyl (C=O) groups is 8. The van der Waals surface area contributed by atoms with Crippen LogP contribution in [0.3, 0.4) is 0 Å². The third-order valence-corrected chi connectivity index (χ3v) is 9.73. The van der Waals surface area contributed by atoms with Crippen molar-refractivity contribution in [1.82, 2.24) is 31.5 Å². The molecule has 15 heteroatoms. The number of hydrogen-bond donors (Lipinski definition) is 5. The van der Waals surface area contributed by atoms with E-state index < -0.39 is 41.6 Å². The van der Waals surface area contributed by atoms with Gasteiger partial charge in [0.15, 0.2) is 0 Å². The Kier molecular flexibility index (Phi) is 17.1. The number of imide groups is 1. The molecule has 3 rings (SSSR count). The summed E-state index contributed by atoms with van der Waals surface area (Å²) < 4.78 is 5.60. The molecule has 2 aliphatic rings. The number of ketones is 1. The van der Waals surface area contributed by atoms with E-state index in [0.29, 0.717) is 25.8 Å². The number of rotatable bonds is 23. The largest absolute Gasteiger partial charge is 0.360 e. The Morgan fingerprint density at radius 3 is 2.08 bits per heavy atom. The molecule has 1 unspecified atom stereocenters. The first kappa shape index (κ1) is 42.8. The van der Waals surface area contributed by atoms with Gasteiger partial charge in [0.25, 0.3) is 0 Å². The zero-order valence-corrected chi connectivity index (χ0v) is 31.4. The van der Waals surface area contributed by atoms with Gasteiger partial charge in [0.2, 0.25) is 41.4 Å². The number of ether oxygens (including phenoxy) is 1. The fourth-order valence-electron chi connectivity index (χ4n) is 6.42. The Morgan fingerprint density at radius 2 is 1.45 bits per heavy atom. The Morgan fingerprint density at radius 1 is 0.811 bits per heavy atom. The van der Waals surface area contributed by atoms with Gasteiger partial charge < -0.3 is 31.3 Å². The Balaban J connectivity index is 1.34. The highest BCUT2D eigenvalue weighted by atomic mass is 16.5. The molecule has 1 heterocycles. The van der Waals surface area contributed by atoms with Crippen molar-refractivity contribution in [3.8, 4) is 0 Å². The van der Waals surface area contributed by atoms with Crippen molar-refractivity contribution in [2.24, 2.45) is 23.2 Å². The number of Topliss-reactive ketones (excluding diaryl/α,β-unsaturated/α-hetero) is 1. The molecule has 1 aliphatic carbocycles. The molecule has 2 fully saturated rings. The summed E-state index contributed by atoms with van der Waals surface area (Å²) in [5, 5.41) is 12.6. The van der Waals surface area contributed by atoms with Crippen LogP contribution in [0.4, 0.5) is 0 Å². The van der Waals surface area contributed by atoms with Crippen LogP contribution in [-0.2, 0) is 49.5 Å². The van der Waals surface area contributed by atoms with Crippen molar-refractivity contribution < 1.29 is 43.1 Å². The van der Waals surface area contributed by atoms with Crippen LogP contribution < -0.4 is 26.6 Å². The van der Waals surface area contributed by atoms with E-state index in [1.54, 1.807) is 24.3 Å². The van der Waals surface area contributed by atoms with E-state index in [4.69, 9.17) is 4.74 Å². The lowest BCUT2D eigenvalue weighted by molar-refractivity contribution is -0.143. The second-order valence-corrected chi connectivity index (χ2v) is 14.6. The molecule has 1 aromatic carbocycles. The van der Waals surface area contributed by atoms with Gasteiger partial charge in [0, 0.05) is 37.6 Å².